The van der Waals surface area contributed by atoms with Gasteiger partial charge in [-0.15, -0.1) is 0 Å². The van der Waals surface area contributed by atoms with Gasteiger partial charge in [-0.25, -0.2) is 0 Å². The molecule has 5 nitrogen and oxygen atoms in total. The number of aliphatic hydroxyl groups is 1. The Kier molecular flexibility index (Phi) is 4.29. The normalized spacial score (nSPS) is 29.7. The Morgan fingerprint density at radius 2 is 2.24 bits per heavy atom. The molecule has 3 N–H and O–H groups in total. The Morgan fingerprint density at radius 3 is 2.92 bits per heavy atom. The first-order valence-electron chi connectivity index (χ1n) is 9.27. The first-order valence-corrected chi connectivity index (χ1v) is 9.27. The maximum atomic E-state index is 11.2. The third-order valence-electron chi connectivity index (χ3n) is 6.30. The molecule has 25 heavy (non-hydrogen) atoms. The molecule has 2 aromatic rings. The lowest BCUT2D eigenvalue weighted by molar-refractivity contribution is -0.0562. The van der Waals surface area contributed by atoms with E-state index in [0.717, 1.165) is 47.8 Å². The fourth-order valence-corrected chi connectivity index (χ4v) is 4.88. The summed E-state index contributed by atoms with van der Waals surface area (Å²) < 4.78 is 5.37. The predicted octanol–water partition coefficient (Wildman–Crippen LogP) is 2.98. The van der Waals surface area contributed by atoms with Crippen LogP contribution in [0.2, 0.25) is 0 Å². The second kappa shape index (κ2) is 6.46. The van der Waals surface area contributed by atoms with Gasteiger partial charge in [0.25, 0.3) is 0 Å². The van der Waals surface area contributed by atoms with Crippen molar-refractivity contribution in [1.29, 1.82) is 0 Å². The number of benzene rings is 1. The summed E-state index contributed by atoms with van der Waals surface area (Å²) in [4.78, 5) is 6.89. The molecule has 0 amide bonds. The van der Waals surface area contributed by atoms with Crippen LogP contribution in [0.1, 0.15) is 37.9 Å². The van der Waals surface area contributed by atoms with Crippen molar-refractivity contribution in [2.45, 2.75) is 38.3 Å². The van der Waals surface area contributed by atoms with Gasteiger partial charge in [0.2, 0.25) is 0 Å². The third kappa shape index (κ3) is 2.66. The number of nitrogen functional groups attached to an aromatic ring is 1. The Bertz CT molecular complexity index is 779. The molecule has 3 saturated heterocycles. The van der Waals surface area contributed by atoms with Gasteiger partial charge in [0, 0.05) is 24.2 Å². The van der Waals surface area contributed by atoms with Gasteiger partial charge in [0.15, 0.2) is 0 Å². The minimum absolute atomic E-state index is 0.165. The van der Waals surface area contributed by atoms with Crippen molar-refractivity contribution < 1.29 is 9.84 Å². The van der Waals surface area contributed by atoms with Crippen molar-refractivity contribution in [3.8, 4) is 5.75 Å². The second-order valence-corrected chi connectivity index (χ2v) is 7.44. The monoisotopic (exact) mass is 341 g/mol. The van der Waals surface area contributed by atoms with Crippen molar-refractivity contribution in [2.24, 2.45) is 11.8 Å². The number of pyridine rings is 1. The number of piperidine rings is 3. The van der Waals surface area contributed by atoms with E-state index in [0.29, 0.717) is 11.4 Å². The zero-order chi connectivity index (χ0) is 17.6. The van der Waals surface area contributed by atoms with Gasteiger partial charge in [-0.1, -0.05) is 13.3 Å². The number of methoxy groups -OCH3 is 1. The second-order valence-electron chi connectivity index (χ2n) is 7.44. The molecule has 5 heteroatoms. The number of fused-ring (bicyclic) bond motifs is 4. The number of rotatable bonds is 4. The lowest BCUT2D eigenvalue weighted by atomic mass is 9.72. The van der Waals surface area contributed by atoms with Crippen LogP contribution in [0.3, 0.4) is 0 Å². The Morgan fingerprint density at radius 1 is 1.40 bits per heavy atom. The van der Waals surface area contributed by atoms with Gasteiger partial charge >= 0.3 is 0 Å². The van der Waals surface area contributed by atoms with Gasteiger partial charge in [0.1, 0.15) is 5.75 Å². The predicted molar refractivity (Wildman–Crippen MR) is 99.5 cm³/mol. The van der Waals surface area contributed by atoms with E-state index in [4.69, 9.17) is 10.5 Å². The number of hydrogen-bond acceptors (Lipinski definition) is 5. The van der Waals surface area contributed by atoms with Crippen LogP contribution >= 0.6 is 0 Å². The number of aliphatic hydroxyl groups excluding tert-OH is 1. The molecule has 0 saturated carbocycles. The van der Waals surface area contributed by atoms with Crippen LogP contribution in [0.15, 0.2) is 24.4 Å². The fourth-order valence-electron chi connectivity index (χ4n) is 4.88. The van der Waals surface area contributed by atoms with Crippen LogP contribution in [-0.4, -0.2) is 41.2 Å². The third-order valence-corrected chi connectivity index (χ3v) is 6.30. The molecule has 3 fully saturated rings. The summed E-state index contributed by atoms with van der Waals surface area (Å²) in [6.45, 7) is 4.47. The number of ether oxygens (including phenoxy) is 1. The number of aromatic nitrogens is 1. The summed E-state index contributed by atoms with van der Waals surface area (Å²) in [6, 6.07) is 5.81. The molecule has 0 spiro atoms. The average molecular weight is 341 g/mol. The van der Waals surface area contributed by atoms with E-state index in [1.165, 1.54) is 12.8 Å². The van der Waals surface area contributed by atoms with Crippen molar-refractivity contribution >= 4 is 16.6 Å². The summed E-state index contributed by atoms with van der Waals surface area (Å²) in [5, 5.41) is 12.1. The van der Waals surface area contributed by atoms with Gasteiger partial charge in [-0.05, 0) is 55.0 Å². The molecule has 1 aromatic heterocycles. The van der Waals surface area contributed by atoms with Gasteiger partial charge in [0.05, 0.1) is 24.4 Å². The lowest BCUT2D eigenvalue weighted by Gasteiger charge is -2.51. The van der Waals surface area contributed by atoms with Gasteiger partial charge < -0.3 is 15.6 Å². The number of hydrogen-bond donors (Lipinski definition) is 2. The van der Waals surface area contributed by atoms with E-state index < -0.39 is 6.10 Å². The Labute approximate surface area is 148 Å². The first kappa shape index (κ1) is 16.6. The summed E-state index contributed by atoms with van der Waals surface area (Å²) in [7, 11) is 1.61. The van der Waals surface area contributed by atoms with Crippen molar-refractivity contribution in [2.75, 3.05) is 25.9 Å². The minimum Gasteiger partial charge on any atom is -0.495 e. The summed E-state index contributed by atoms with van der Waals surface area (Å²) in [5.74, 6) is 2.14. The van der Waals surface area contributed by atoms with E-state index in [1.807, 2.05) is 18.2 Å². The van der Waals surface area contributed by atoms with Crippen molar-refractivity contribution in [1.82, 2.24) is 9.88 Å². The highest BCUT2D eigenvalue weighted by Gasteiger charge is 2.42. The van der Waals surface area contributed by atoms with E-state index >= 15 is 0 Å². The summed E-state index contributed by atoms with van der Waals surface area (Å²) >= 11 is 0. The number of nitrogens with two attached hydrogens (primary N) is 1. The zero-order valence-corrected chi connectivity index (χ0v) is 15.0. The zero-order valence-electron chi connectivity index (χ0n) is 15.0. The van der Waals surface area contributed by atoms with E-state index in [9.17, 15) is 5.11 Å². The van der Waals surface area contributed by atoms with Crippen LogP contribution in [0.5, 0.6) is 5.75 Å². The Balaban J connectivity index is 1.72. The van der Waals surface area contributed by atoms with Gasteiger partial charge in [-0.2, -0.15) is 0 Å². The molecular formula is C20H27N3O2. The first-order chi connectivity index (χ1) is 12.1. The smallest absolute Gasteiger partial charge is 0.142 e. The molecule has 0 aliphatic carbocycles. The number of anilines is 1. The number of nitrogens with zero attached hydrogens (tertiary/aromatic N) is 2. The average Bonchev–Trinajstić information content (AvgIpc) is 2.67. The van der Waals surface area contributed by atoms with Crippen molar-refractivity contribution in [3.05, 3.63) is 30.0 Å². The SMILES string of the molecule is CC[C@H]1CN2CC[C@H]1C[C@H]2[C@H](O)c1ccnc2ccc(OC)c(N)c12. The molecule has 2 bridgehead atoms. The molecule has 0 radical (unpaired) electrons. The largest absolute Gasteiger partial charge is 0.495 e. The molecule has 3 aliphatic heterocycles. The standard InChI is InChI=1S/C20H27N3O2/c1-3-12-11-23-9-7-13(12)10-16(23)20(24)14-6-8-22-15-4-5-17(25-2)19(21)18(14)15/h4-6,8,12-13,16,20,24H,3,7,9-11,21H2,1-2H3/t12-,13-,16-,20+/m0/s1. The van der Waals surface area contributed by atoms with E-state index in [-0.39, 0.29) is 6.04 Å². The molecular weight excluding hydrogens is 314 g/mol. The minimum atomic E-state index is -0.555. The highest BCUT2D eigenvalue weighted by atomic mass is 16.5. The summed E-state index contributed by atoms with van der Waals surface area (Å²) in [5.41, 5.74) is 8.56. The Hall–Kier alpha value is -1.85. The molecule has 3 aliphatic rings. The molecule has 5 rings (SSSR count). The molecule has 1 aromatic carbocycles. The van der Waals surface area contributed by atoms with Gasteiger partial charge in [-0.3, -0.25) is 9.88 Å². The molecule has 134 valence electrons. The van der Waals surface area contributed by atoms with E-state index in [1.54, 1.807) is 13.3 Å². The van der Waals surface area contributed by atoms with E-state index in [2.05, 4.69) is 16.8 Å². The maximum Gasteiger partial charge on any atom is 0.142 e. The maximum absolute atomic E-state index is 11.2. The highest BCUT2D eigenvalue weighted by molar-refractivity contribution is 5.96. The fraction of sp³-hybridized carbons (Fsp3) is 0.550. The van der Waals surface area contributed by atoms with Crippen molar-refractivity contribution in [3.63, 3.8) is 0 Å². The van der Waals surface area contributed by atoms with Crippen LogP contribution in [0.25, 0.3) is 10.9 Å². The molecule has 4 heterocycles. The quantitative estimate of drug-likeness (QED) is 0.837. The van der Waals surface area contributed by atoms with Crippen LogP contribution in [0.4, 0.5) is 5.69 Å². The molecule has 5 atom stereocenters. The highest BCUT2D eigenvalue weighted by Crippen LogP contribution is 2.43. The molecule has 1 unspecified atom stereocenters. The van der Waals surface area contributed by atoms with Crippen LogP contribution in [0, 0.1) is 11.8 Å². The summed E-state index contributed by atoms with van der Waals surface area (Å²) in [6.07, 6.45) is 4.76. The van der Waals surface area contributed by atoms with Crippen LogP contribution in [-0.2, 0) is 0 Å². The lowest BCUT2D eigenvalue weighted by Crippen LogP contribution is -2.55. The topological polar surface area (TPSA) is 71.6 Å². The van der Waals surface area contributed by atoms with Crippen LogP contribution < -0.4 is 10.5 Å².